The van der Waals surface area contributed by atoms with Gasteiger partial charge in [-0.15, -0.1) is 0 Å². The first-order valence-electron chi connectivity index (χ1n) is 0. The molecule has 0 aliphatic rings. The predicted molar refractivity (Wildman–Crippen MR) is 11.6 cm³/mol. The van der Waals surface area contributed by atoms with E-state index in [1.54, 1.807) is 0 Å². The van der Waals surface area contributed by atoms with Crippen LogP contribution in [0.5, 0.6) is 0 Å². The van der Waals surface area contributed by atoms with Crippen LogP contribution in [0.15, 0.2) is 0 Å². The van der Waals surface area contributed by atoms with Crippen LogP contribution in [0.3, 0.4) is 0 Å². The monoisotopic (exact) mass is 475 g/mol. The molecule has 0 heterocycles. The summed E-state index contributed by atoms with van der Waals surface area (Å²) in [6.07, 6.45) is 0. The fraction of sp³-hybridized carbons (Fsp3) is 0. The molecule has 0 rings (SSSR count). The molecule has 0 aliphatic heterocycles. The van der Waals surface area contributed by atoms with E-state index >= 15 is 0 Å². The Morgan fingerprint density at radius 3 is 1.20 bits per heavy atom. The number of hydrogen-bond acceptors (Lipinski definition) is 0. The molecule has 0 fully saturated rings. The van der Waals surface area contributed by atoms with E-state index < -0.39 is 0 Å². The van der Waals surface area contributed by atoms with Crippen LogP contribution in [0.1, 0.15) is 2.85 Å². The van der Waals surface area contributed by atoms with E-state index in [0.717, 1.165) is 0 Å². The summed E-state index contributed by atoms with van der Waals surface area (Å²) in [7, 11) is 0. The van der Waals surface area contributed by atoms with Gasteiger partial charge in [-0.1, -0.05) is 0 Å². The third kappa shape index (κ3) is 17.8. The fourth-order valence-electron chi connectivity index (χ4n) is 0. The molecule has 5 heavy (non-hydrogen) atoms. The van der Waals surface area contributed by atoms with E-state index in [2.05, 4.69) is 0 Å². The molecule has 0 saturated carbocycles. The molecule has 2 N–H and O–H groups in total. The first-order valence-corrected chi connectivity index (χ1v) is 0. The topological polar surface area (TPSA) is 31.5 Å². The summed E-state index contributed by atoms with van der Waals surface area (Å²) in [6.45, 7) is 0. The van der Waals surface area contributed by atoms with Gasteiger partial charge in [-0.2, -0.15) is 0 Å². The molecule has 0 spiro atoms. The molecule has 1 nitrogen and oxygen atoms in total. The molecular weight excluding hydrogens is 471 g/mol. The maximum Gasteiger partial charge on any atom is 2.00 e. The van der Waals surface area contributed by atoms with Crippen LogP contribution in [0, 0.1) is 37.7 Å². The molecule has 5 heteroatoms. The van der Waals surface area contributed by atoms with Gasteiger partial charge in [-0.05, 0) is 0 Å². The van der Waals surface area contributed by atoms with E-state index in [1.165, 1.54) is 0 Å². The SMILES string of the molecule is O.[Ba+2].[Cu].[H-].[H-].[Ho].[Y]. The Morgan fingerprint density at radius 1 is 1.20 bits per heavy atom. The van der Waals surface area contributed by atoms with Gasteiger partial charge in [0.15, 0.2) is 0 Å². The van der Waals surface area contributed by atoms with E-state index in [0.29, 0.717) is 0 Å². The van der Waals surface area contributed by atoms with E-state index in [4.69, 9.17) is 0 Å². The van der Waals surface area contributed by atoms with Crippen LogP contribution in [0.2, 0.25) is 0 Å². The zero-order valence-corrected chi connectivity index (χ0v) is 12.5. The Kier molecular flexibility index (Phi) is 162. The quantitative estimate of drug-likeness (QED) is 0.404. The summed E-state index contributed by atoms with van der Waals surface area (Å²) in [5.74, 6) is 0. The molecule has 0 saturated heterocycles. The Labute approximate surface area is 140 Å². The van der Waals surface area contributed by atoms with Gasteiger partial charge in [0, 0.05) is 87.5 Å². The van der Waals surface area contributed by atoms with Crippen molar-refractivity contribution in [3.63, 3.8) is 0 Å². The second-order valence-electron chi connectivity index (χ2n) is 0. The average molecular weight is 475 g/mol. The van der Waals surface area contributed by atoms with Crippen molar-refractivity contribution in [2.24, 2.45) is 0 Å². The molecule has 0 aliphatic carbocycles. The van der Waals surface area contributed by atoms with Crippen molar-refractivity contribution in [1.82, 2.24) is 0 Å². The minimum Gasteiger partial charge on any atom is -1.00 e. The summed E-state index contributed by atoms with van der Waals surface area (Å²) in [5, 5.41) is 0. The molecule has 3 radical (unpaired) electrons. The molecule has 37 valence electrons. The first-order chi connectivity index (χ1) is 0. The van der Waals surface area contributed by atoms with E-state index in [1.807, 2.05) is 0 Å². The zero-order valence-electron chi connectivity index (χ0n) is 4.39. The van der Waals surface area contributed by atoms with Crippen molar-refractivity contribution >= 4 is 48.9 Å². The summed E-state index contributed by atoms with van der Waals surface area (Å²) < 4.78 is 0. The molecule has 0 amide bonds. The second kappa shape index (κ2) is 23.7. The van der Waals surface area contributed by atoms with Gasteiger partial charge in [0.05, 0.1) is 0 Å². The molecular formula is H4BaCuHoOY. The minimum absolute atomic E-state index is 0. The van der Waals surface area contributed by atoms with Crippen molar-refractivity contribution in [2.45, 2.75) is 0 Å². The molecule has 0 bridgehead atoms. The number of hydrogen-bond donors (Lipinski definition) is 0. The van der Waals surface area contributed by atoms with Crippen molar-refractivity contribution in [2.75, 3.05) is 0 Å². The Bertz CT molecular complexity index is 17.7. The van der Waals surface area contributed by atoms with Crippen molar-refractivity contribution in [3.05, 3.63) is 0 Å². The van der Waals surface area contributed by atoms with E-state index in [9.17, 15) is 0 Å². The van der Waals surface area contributed by atoms with Crippen LogP contribution in [0.25, 0.3) is 0 Å². The van der Waals surface area contributed by atoms with E-state index in [-0.39, 0.29) is 145 Å². The zero-order chi connectivity index (χ0) is 0. The van der Waals surface area contributed by atoms with Gasteiger partial charge in [0.2, 0.25) is 0 Å². The third-order valence-corrected chi connectivity index (χ3v) is 0. The van der Waals surface area contributed by atoms with Gasteiger partial charge >= 0.3 is 48.9 Å². The molecule has 0 aromatic rings. The maximum atomic E-state index is 0. The maximum absolute atomic E-state index is 0. The Hall–Kier alpha value is 4.41. The van der Waals surface area contributed by atoms with Gasteiger partial charge in [0.25, 0.3) is 0 Å². The smallest absolute Gasteiger partial charge is 1.00 e. The second-order valence-corrected chi connectivity index (χ2v) is 0. The Morgan fingerprint density at radius 2 is 1.20 bits per heavy atom. The normalized spacial score (nSPS) is 0. The van der Waals surface area contributed by atoms with Crippen molar-refractivity contribution in [3.8, 4) is 0 Å². The summed E-state index contributed by atoms with van der Waals surface area (Å²) in [6, 6.07) is 0. The minimum atomic E-state index is 0. The van der Waals surface area contributed by atoms with Gasteiger partial charge < -0.3 is 8.33 Å². The van der Waals surface area contributed by atoms with Gasteiger partial charge in [-0.3, -0.25) is 0 Å². The van der Waals surface area contributed by atoms with Crippen LogP contribution in [0.4, 0.5) is 0 Å². The largest absolute Gasteiger partial charge is 2.00 e. The van der Waals surface area contributed by atoms with Crippen LogP contribution in [-0.2, 0) is 49.8 Å². The third-order valence-electron chi connectivity index (χ3n) is 0. The Balaban J connectivity index is 0. The van der Waals surface area contributed by atoms with Gasteiger partial charge in [0.1, 0.15) is 0 Å². The summed E-state index contributed by atoms with van der Waals surface area (Å²) in [4.78, 5) is 0. The fourth-order valence-corrected chi connectivity index (χ4v) is 0. The number of rotatable bonds is 0. The van der Waals surface area contributed by atoms with Crippen molar-refractivity contribution < 1.29 is 95.8 Å². The average Bonchev–Trinajstić information content (AvgIpc) is 0. The van der Waals surface area contributed by atoms with Crippen LogP contribution >= 0.6 is 0 Å². The van der Waals surface area contributed by atoms with Crippen LogP contribution in [-0.4, -0.2) is 54.4 Å². The van der Waals surface area contributed by atoms with Crippen LogP contribution < -0.4 is 0 Å². The first kappa shape index (κ1) is 34.2. The summed E-state index contributed by atoms with van der Waals surface area (Å²) >= 11 is 0. The standard InChI is InChI=1S/Ba.Cu.Ho.H2O.Y.2H/h;;;1H2;;;/q+2;;;;;2*-1. The predicted octanol–water partition coefficient (Wildman–Crippen LogP) is -0.986. The molecule has 0 unspecified atom stereocenters. The molecule has 0 aromatic heterocycles. The summed E-state index contributed by atoms with van der Waals surface area (Å²) in [5.41, 5.74) is 0. The molecule has 0 aromatic carbocycles. The van der Waals surface area contributed by atoms with Gasteiger partial charge in [-0.25, -0.2) is 0 Å². The molecule has 0 atom stereocenters. The van der Waals surface area contributed by atoms with Crippen molar-refractivity contribution in [1.29, 1.82) is 0 Å².